The maximum atomic E-state index is 14.1. The highest BCUT2D eigenvalue weighted by Gasteiger charge is 2.37. The maximum absolute atomic E-state index is 14.1. The molecule has 1 aliphatic heterocycles. The molecule has 3 rings (SSSR count). The molecule has 28 heavy (non-hydrogen) atoms. The van der Waals surface area contributed by atoms with Crippen LogP contribution in [-0.4, -0.2) is 22.9 Å². The van der Waals surface area contributed by atoms with Crippen molar-refractivity contribution in [2.24, 2.45) is 0 Å². The Balaban J connectivity index is 2.04. The molecule has 0 N–H and O–H groups in total. The summed E-state index contributed by atoms with van der Waals surface area (Å²) in [7, 11) is 0. The van der Waals surface area contributed by atoms with Crippen LogP contribution in [-0.2, 0) is 20.9 Å². The summed E-state index contributed by atoms with van der Waals surface area (Å²) < 4.78 is 19.6. The lowest BCUT2D eigenvalue weighted by Crippen LogP contribution is -2.38. The summed E-state index contributed by atoms with van der Waals surface area (Å²) in [5, 5.41) is 0. The molecule has 2 aromatic rings. The van der Waals surface area contributed by atoms with Gasteiger partial charge in [0.2, 0.25) is 5.91 Å². The van der Waals surface area contributed by atoms with Gasteiger partial charge in [0.1, 0.15) is 5.82 Å². The van der Waals surface area contributed by atoms with Gasteiger partial charge in [-0.05, 0) is 32.4 Å². The molecule has 0 saturated carbocycles. The van der Waals surface area contributed by atoms with Crippen LogP contribution < -0.4 is 0 Å². The van der Waals surface area contributed by atoms with Gasteiger partial charge in [0.15, 0.2) is 0 Å². The Hall–Kier alpha value is -2.95. The third kappa shape index (κ3) is 4.14. The zero-order valence-electron chi connectivity index (χ0n) is 16.3. The third-order valence-corrected chi connectivity index (χ3v) is 4.87. The van der Waals surface area contributed by atoms with Crippen molar-refractivity contribution < 1.29 is 18.7 Å². The number of rotatable bonds is 5. The molecular formula is C23H24FNO3. The van der Waals surface area contributed by atoms with Crippen molar-refractivity contribution in [3.63, 3.8) is 0 Å². The second-order valence-corrected chi connectivity index (χ2v) is 7.19. The first-order chi connectivity index (χ1) is 13.4. The highest BCUT2D eigenvalue weighted by molar-refractivity contribution is 5.96. The van der Waals surface area contributed by atoms with E-state index >= 15 is 0 Å². The van der Waals surface area contributed by atoms with Gasteiger partial charge in [-0.25, -0.2) is 9.18 Å². The van der Waals surface area contributed by atoms with Crippen molar-refractivity contribution in [3.05, 3.63) is 82.8 Å². The standard InChI is InChI=1S/C23H24FNO3/c1-15(2)28-23(27)22-16(3)25(14-18-11-7-8-12-20(18)24)21(26)13-19(22)17-9-5-4-6-10-17/h4-12,15,19H,13-14H2,1-3H3. The number of esters is 1. The molecule has 1 amide bonds. The first kappa shape index (κ1) is 19.8. The van der Waals surface area contributed by atoms with Crippen LogP contribution >= 0.6 is 0 Å². The van der Waals surface area contributed by atoms with Gasteiger partial charge < -0.3 is 9.64 Å². The van der Waals surface area contributed by atoms with E-state index in [-0.39, 0.29) is 36.7 Å². The molecule has 0 saturated heterocycles. The topological polar surface area (TPSA) is 46.6 Å². The smallest absolute Gasteiger partial charge is 0.336 e. The van der Waals surface area contributed by atoms with Crippen molar-refractivity contribution in [3.8, 4) is 0 Å². The van der Waals surface area contributed by atoms with Gasteiger partial charge >= 0.3 is 5.97 Å². The van der Waals surface area contributed by atoms with Gasteiger partial charge in [-0.1, -0.05) is 48.5 Å². The number of halogens is 1. The number of hydrogen-bond acceptors (Lipinski definition) is 3. The average molecular weight is 381 g/mol. The SMILES string of the molecule is CC1=C(C(=O)OC(C)C)C(c2ccccc2)CC(=O)N1Cc1ccccc1F. The molecule has 0 spiro atoms. The van der Waals surface area contributed by atoms with E-state index in [1.165, 1.54) is 11.0 Å². The molecule has 2 aromatic carbocycles. The summed E-state index contributed by atoms with van der Waals surface area (Å²) in [5.74, 6) is -1.33. The second-order valence-electron chi connectivity index (χ2n) is 7.19. The van der Waals surface area contributed by atoms with E-state index in [1.807, 2.05) is 30.3 Å². The highest BCUT2D eigenvalue weighted by atomic mass is 19.1. The van der Waals surface area contributed by atoms with Crippen LogP contribution in [0.1, 0.15) is 44.2 Å². The molecule has 1 heterocycles. The van der Waals surface area contributed by atoms with Crippen LogP contribution in [0.15, 0.2) is 65.9 Å². The van der Waals surface area contributed by atoms with Crippen molar-refractivity contribution in [1.82, 2.24) is 4.90 Å². The molecule has 0 aromatic heterocycles. The minimum absolute atomic E-state index is 0.0807. The summed E-state index contributed by atoms with van der Waals surface area (Å²) in [6, 6.07) is 15.8. The largest absolute Gasteiger partial charge is 0.460 e. The minimum Gasteiger partial charge on any atom is -0.460 e. The van der Waals surface area contributed by atoms with Crippen molar-refractivity contribution in [2.75, 3.05) is 0 Å². The first-order valence-electron chi connectivity index (χ1n) is 9.39. The summed E-state index contributed by atoms with van der Waals surface area (Å²) >= 11 is 0. The number of carbonyl (C=O) groups excluding carboxylic acids is 2. The van der Waals surface area contributed by atoms with E-state index in [0.29, 0.717) is 16.8 Å². The zero-order chi connectivity index (χ0) is 20.3. The maximum Gasteiger partial charge on any atom is 0.336 e. The summed E-state index contributed by atoms with van der Waals surface area (Å²) in [6.45, 7) is 5.38. The fourth-order valence-corrected chi connectivity index (χ4v) is 3.51. The van der Waals surface area contributed by atoms with Crippen LogP contribution in [0.4, 0.5) is 4.39 Å². The fraction of sp³-hybridized carbons (Fsp3) is 0.304. The number of allylic oxidation sites excluding steroid dienone is 1. The lowest BCUT2D eigenvalue weighted by Gasteiger charge is -2.34. The van der Waals surface area contributed by atoms with E-state index in [1.54, 1.807) is 39.0 Å². The molecule has 0 bridgehead atoms. The highest BCUT2D eigenvalue weighted by Crippen LogP contribution is 2.37. The Morgan fingerprint density at radius 2 is 1.79 bits per heavy atom. The second kappa shape index (κ2) is 8.38. The van der Waals surface area contributed by atoms with Gasteiger partial charge in [0.25, 0.3) is 0 Å². The Bertz CT molecular complexity index is 905. The van der Waals surface area contributed by atoms with Crippen LogP contribution in [0.3, 0.4) is 0 Å². The van der Waals surface area contributed by atoms with E-state index in [9.17, 15) is 14.0 Å². The normalized spacial score (nSPS) is 17.2. The molecule has 5 heteroatoms. The molecular weight excluding hydrogens is 357 g/mol. The molecule has 146 valence electrons. The molecule has 1 unspecified atom stereocenters. The van der Waals surface area contributed by atoms with Crippen molar-refractivity contribution in [2.45, 2.75) is 45.8 Å². The number of nitrogens with zero attached hydrogens (tertiary/aromatic N) is 1. The quantitative estimate of drug-likeness (QED) is 0.713. The van der Waals surface area contributed by atoms with Crippen LogP contribution in [0.25, 0.3) is 0 Å². The lowest BCUT2D eigenvalue weighted by atomic mass is 9.83. The summed E-state index contributed by atoms with van der Waals surface area (Å²) in [5.41, 5.74) is 2.26. The van der Waals surface area contributed by atoms with E-state index in [4.69, 9.17) is 4.74 Å². The van der Waals surface area contributed by atoms with E-state index < -0.39 is 5.97 Å². The molecule has 0 aliphatic carbocycles. The summed E-state index contributed by atoms with van der Waals surface area (Å²) in [4.78, 5) is 27.3. The van der Waals surface area contributed by atoms with Gasteiger partial charge in [-0.3, -0.25) is 4.79 Å². The predicted molar refractivity (Wildman–Crippen MR) is 105 cm³/mol. The number of amides is 1. The minimum atomic E-state index is -0.438. The average Bonchev–Trinajstić information content (AvgIpc) is 2.66. The lowest BCUT2D eigenvalue weighted by molar-refractivity contribution is -0.143. The molecule has 4 nitrogen and oxygen atoms in total. The van der Waals surface area contributed by atoms with Crippen LogP contribution in [0.2, 0.25) is 0 Å². The summed E-state index contributed by atoms with van der Waals surface area (Å²) in [6.07, 6.45) is -0.139. The van der Waals surface area contributed by atoms with Gasteiger partial charge in [-0.15, -0.1) is 0 Å². The number of benzene rings is 2. The number of ether oxygens (including phenoxy) is 1. The molecule has 0 fully saturated rings. The van der Waals surface area contributed by atoms with E-state index in [0.717, 1.165) is 5.56 Å². The van der Waals surface area contributed by atoms with Gasteiger partial charge in [0, 0.05) is 23.6 Å². The fourth-order valence-electron chi connectivity index (χ4n) is 3.51. The van der Waals surface area contributed by atoms with Crippen molar-refractivity contribution >= 4 is 11.9 Å². The Morgan fingerprint density at radius 1 is 1.14 bits per heavy atom. The zero-order valence-corrected chi connectivity index (χ0v) is 16.3. The van der Waals surface area contributed by atoms with Gasteiger partial charge in [-0.2, -0.15) is 0 Å². The van der Waals surface area contributed by atoms with E-state index in [2.05, 4.69) is 0 Å². The monoisotopic (exact) mass is 381 g/mol. The molecule has 0 radical (unpaired) electrons. The van der Waals surface area contributed by atoms with Crippen molar-refractivity contribution in [1.29, 1.82) is 0 Å². The Kier molecular flexibility index (Phi) is 5.93. The molecule has 1 aliphatic rings. The Morgan fingerprint density at radius 3 is 2.43 bits per heavy atom. The number of hydrogen-bond donors (Lipinski definition) is 0. The van der Waals surface area contributed by atoms with Crippen LogP contribution in [0, 0.1) is 5.82 Å². The predicted octanol–water partition coefficient (Wildman–Crippen LogP) is 4.57. The third-order valence-electron chi connectivity index (χ3n) is 4.87. The Labute approximate surface area is 164 Å². The number of carbonyl (C=O) groups is 2. The first-order valence-corrected chi connectivity index (χ1v) is 9.39. The van der Waals surface area contributed by atoms with Gasteiger partial charge in [0.05, 0.1) is 18.2 Å². The molecule has 1 atom stereocenters. The van der Waals surface area contributed by atoms with Crippen LogP contribution in [0.5, 0.6) is 0 Å².